The second kappa shape index (κ2) is 6.36. The molecule has 0 radical (unpaired) electrons. The van der Waals surface area contributed by atoms with E-state index in [0.717, 1.165) is 0 Å². The minimum atomic E-state index is -0.0571. The second-order valence-corrected chi connectivity index (χ2v) is 5.83. The van der Waals surface area contributed by atoms with Crippen molar-refractivity contribution in [3.63, 3.8) is 0 Å². The van der Waals surface area contributed by atoms with E-state index in [9.17, 15) is 9.59 Å². The van der Waals surface area contributed by atoms with Gasteiger partial charge < -0.3 is 4.90 Å². The number of rotatable bonds is 4. The van der Waals surface area contributed by atoms with Crippen molar-refractivity contribution in [1.82, 2.24) is 0 Å². The van der Waals surface area contributed by atoms with E-state index in [2.05, 4.69) is 12.6 Å². The molecule has 1 atom stereocenters. The van der Waals surface area contributed by atoms with Gasteiger partial charge in [0, 0.05) is 24.1 Å². The molecule has 4 heteroatoms. The Morgan fingerprint density at radius 2 is 1.77 bits per heavy atom. The van der Waals surface area contributed by atoms with Crippen LogP contribution in [0.4, 0.5) is 5.69 Å². The van der Waals surface area contributed by atoms with Crippen LogP contribution in [0.15, 0.2) is 54.6 Å². The highest BCUT2D eigenvalue weighted by Crippen LogP contribution is 2.29. The summed E-state index contributed by atoms with van der Waals surface area (Å²) in [5, 5.41) is 0. The normalized spacial score (nSPS) is 17.8. The maximum absolute atomic E-state index is 12.7. The van der Waals surface area contributed by atoms with E-state index in [1.807, 2.05) is 36.4 Å². The van der Waals surface area contributed by atoms with Crippen LogP contribution in [-0.4, -0.2) is 24.0 Å². The molecule has 1 saturated heterocycles. The van der Waals surface area contributed by atoms with E-state index in [1.54, 1.807) is 23.1 Å². The van der Waals surface area contributed by atoms with Gasteiger partial charge in [-0.05, 0) is 23.8 Å². The van der Waals surface area contributed by atoms with Crippen molar-refractivity contribution in [2.24, 2.45) is 5.92 Å². The smallest absolute Gasteiger partial charge is 0.227 e. The number of hydrogen-bond donors (Lipinski definition) is 1. The summed E-state index contributed by atoms with van der Waals surface area (Å²) in [5.41, 5.74) is 1.90. The molecule has 1 amide bonds. The lowest BCUT2D eigenvalue weighted by atomic mass is 10.0. The summed E-state index contributed by atoms with van der Waals surface area (Å²) in [7, 11) is 0. The highest BCUT2D eigenvalue weighted by molar-refractivity contribution is 7.80. The van der Waals surface area contributed by atoms with Crippen LogP contribution < -0.4 is 4.90 Å². The van der Waals surface area contributed by atoms with Crippen LogP contribution in [0.1, 0.15) is 22.3 Å². The number of ketones is 1. The van der Waals surface area contributed by atoms with Crippen molar-refractivity contribution in [1.29, 1.82) is 0 Å². The Bertz CT molecular complexity index is 699. The molecule has 3 nitrogen and oxygen atoms in total. The number of carbonyl (C=O) groups excluding carboxylic acids is 2. The number of carbonyl (C=O) groups is 2. The van der Waals surface area contributed by atoms with Crippen molar-refractivity contribution in [3.8, 4) is 0 Å². The molecule has 1 unspecified atom stereocenters. The van der Waals surface area contributed by atoms with Crippen LogP contribution in [0.3, 0.4) is 0 Å². The van der Waals surface area contributed by atoms with Gasteiger partial charge in [0.05, 0.1) is 5.69 Å². The monoisotopic (exact) mass is 311 g/mol. The lowest BCUT2D eigenvalue weighted by molar-refractivity contribution is -0.117. The predicted molar refractivity (Wildman–Crippen MR) is 90.6 cm³/mol. The summed E-state index contributed by atoms with van der Waals surface area (Å²) in [4.78, 5) is 26.7. The number of amides is 1. The second-order valence-electron chi connectivity index (χ2n) is 5.47. The fraction of sp³-hybridized carbons (Fsp3) is 0.222. The fourth-order valence-corrected chi connectivity index (χ4v) is 3.03. The van der Waals surface area contributed by atoms with Gasteiger partial charge >= 0.3 is 0 Å². The van der Waals surface area contributed by atoms with Crippen LogP contribution in [0.25, 0.3) is 0 Å². The topological polar surface area (TPSA) is 37.4 Å². The van der Waals surface area contributed by atoms with E-state index in [4.69, 9.17) is 0 Å². The van der Waals surface area contributed by atoms with Gasteiger partial charge in [-0.1, -0.05) is 42.5 Å². The maximum Gasteiger partial charge on any atom is 0.227 e. The van der Waals surface area contributed by atoms with E-state index in [-0.39, 0.29) is 17.6 Å². The zero-order valence-electron chi connectivity index (χ0n) is 12.1. The molecule has 3 rings (SSSR count). The SMILES string of the molecule is O=C(c1ccccc1)c1ccccc1N1CC(CS)CC1=O. The van der Waals surface area contributed by atoms with E-state index in [1.165, 1.54) is 0 Å². The molecule has 1 aliphatic rings. The van der Waals surface area contributed by atoms with Crippen molar-refractivity contribution >= 4 is 30.0 Å². The third-order valence-corrected chi connectivity index (χ3v) is 4.46. The molecule has 0 aliphatic carbocycles. The molecule has 1 aliphatic heterocycles. The molecule has 2 aromatic rings. The van der Waals surface area contributed by atoms with Gasteiger partial charge in [0.2, 0.25) is 5.91 Å². The van der Waals surface area contributed by atoms with Gasteiger partial charge in [-0.2, -0.15) is 12.6 Å². The molecule has 1 heterocycles. The number of thiol groups is 1. The Kier molecular flexibility index (Phi) is 4.29. The molecule has 112 valence electrons. The number of para-hydroxylation sites is 1. The molecule has 0 aromatic heterocycles. The van der Waals surface area contributed by atoms with Gasteiger partial charge in [0.1, 0.15) is 0 Å². The van der Waals surface area contributed by atoms with Crippen molar-refractivity contribution in [3.05, 3.63) is 65.7 Å². The largest absolute Gasteiger partial charge is 0.311 e. The van der Waals surface area contributed by atoms with Gasteiger partial charge in [0.25, 0.3) is 0 Å². The fourth-order valence-electron chi connectivity index (χ4n) is 2.78. The third kappa shape index (κ3) is 2.79. The number of hydrogen-bond acceptors (Lipinski definition) is 3. The third-order valence-electron chi connectivity index (χ3n) is 3.94. The molecular weight excluding hydrogens is 294 g/mol. The Labute approximate surface area is 135 Å². The molecule has 0 spiro atoms. The molecule has 22 heavy (non-hydrogen) atoms. The minimum absolute atomic E-state index is 0.0571. The Morgan fingerprint density at radius 3 is 2.45 bits per heavy atom. The standard InChI is InChI=1S/C18H17NO2S/c20-17-10-13(12-22)11-19(17)16-9-5-4-8-15(16)18(21)14-6-2-1-3-7-14/h1-9,13,22H,10-12H2. The van der Waals surface area contributed by atoms with Gasteiger partial charge in [0.15, 0.2) is 5.78 Å². The first-order chi connectivity index (χ1) is 10.7. The van der Waals surface area contributed by atoms with Crippen LogP contribution >= 0.6 is 12.6 Å². The minimum Gasteiger partial charge on any atom is -0.311 e. The molecule has 2 aromatic carbocycles. The van der Waals surface area contributed by atoms with Gasteiger partial charge in [-0.25, -0.2) is 0 Å². The summed E-state index contributed by atoms with van der Waals surface area (Å²) < 4.78 is 0. The van der Waals surface area contributed by atoms with Crippen LogP contribution in [0, 0.1) is 5.92 Å². The van der Waals surface area contributed by atoms with Gasteiger partial charge in [-0.15, -0.1) is 0 Å². The summed E-state index contributed by atoms with van der Waals surface area (Å²) in [5.74, 6) is 0.929. The lowest BCUT2D eigenvalue weighted by Crippen LogP contribution is -2.26. The van der Waals surface area contributed by atoms with Crippen molar-refractivity contribution in [2.45, 2.75) is 6.42 Å². The van der Waals surface area contributed by atoms with E-state index in [0.29, 0.717) is 35.5 Å². The first-order valence-electron chi connectivity index (χ1n) is 7.30. The highest BCUT2D eigenvalue weighted by Gasteiger charge is 2.31. The lowest BCUT2D eigenvalue weighted by Gasteiger charge is -2.19. The van der Waals surface area contributed by atoms with Crippen LogP contribution in [0.2, 0.25) is 0 Å². The Morgan fingerprint density at radius 1 is 1.09 bits per heavy atom. The molecule has 0 N–H and O–H groups in total. The Hall–Kier alpha value is -2.07. The van der Waals surface area contributed by atoms with Crippen LogP contribution in [-0.2, 0) is 4.79 Å². The molecule has 1 fully saturated rings. The highest BCUT2D eigenvalue weighted by atomic mass is 32.1. The van der Waals surface area contributed by atoms with E-state index < -0.39 is 0 Å². The average molecular weight is 311 g/mol. The quantitative estimate of drug-likeness (QED) is 0.695. The average Bonchev–Trinajstić information content (AvgIpc) is 2.96. The summed E-state index contributed by atoms with van der Waals surface area (Å²) >= 11 is 4.29. The van der Waals surface area contributed by atoms with Crippen molar-refractivity contribution in [2.75, 3.05) is 17.2 Å². The molecule has 0 bridgehead atoms. The number of nitrogens with zero attached hydrogens (tertiary/aromatic N) is 1. The number of anilines is 1. The zero-order valence-corrected chi connectivity index (χ0v) is 13.0. The first kappa shape index (κ1) is 14.9. The first-order valence-corrected chi connectivity index (χ1v) is 7.94. The molecular formula is C18H17NO2S. The summed E-state index contributed by atoms with van der Waals surface area (Å²) in [6.45, 7) is 0.626. The summed E-state index contributed by atoms with van der Waals surface area (Å²) in [6, 6.07) is 16.5. The number of benzene rings is 2. The summed E-state index contributed by atoms with van der Waals surface area (Å²) in [6.07, 6.45) is 0.497. The molecule has 0 saturated carbocycles. The van der Waals surface area contributed by atoms with Crippen molar-refractivity contribution < 1.29 is 9.59 Å². The maximum atomic E-state index is 12.7. The Balaban J connectivity index is 1.97. The zero-order chi connectivity index (χ0) is 15.5. The van der Waals surface area contributed by atoms with E-state index >= 15 is 0 Å². The van der Waals surface area contributed by atoms with Crippen LogP contribution in [0.5, 0.6) is 0 Å². The van der Waals surface area contributed by atoms with Gasteiger partial charge in [-0.3, -0.25) is 9.59 Å². The predicted octanol–water partition coefficient (Wildman–Crippen LogP) is 3.20.